The van der Waals surface area contributed by atoms with Gasteiger partial charge >= 0.3 is 5.97 Å². The number of aromatic nitrogens is 1. The molecule has 2 rings (SSSR count). The van der Waals surface area contributed by atoms with Gasteiger partial charge in [-0.2, -0.15) is 0 Å². The van der Waals surface area contributed by atoms with E-state index in [1.165, 1.54) is 12.7 Å². The Balaban J connectivity index is 2.39. The van der Waals surface area contributed by atoms with Gasteiger partial charge in [0.15, 0.2) is 6.29 Å². The highest BCUT2D eigenvalue weighted by Gasteiger charge is 2.24. The molecule has 1 heterocycles. The summed E-state index contributed by atoms with van der Waals surface area (Å²) < 4.78 is 4.80. The van der Waals surface area contributed by atoms with Crippen LogP contribution in [0, 0.1) is 6.92 Å². The predicted molar refractivity (Wildman–Crippen MR) is 80.8 cm³/mol. The normalized spacial score (nSPS) is 12.0. The minimum atomic E-state index is -0.443. The molecule has 0 amide bonds. The van der Waals surface area contributed by atoms with E-state index in [2.05, 4.69) is 17.1 Å². The summed E-state index contributed by atoms with van der Waals surface area (Å²) >= 11 is 0. The minimum absolute atomic E-state index is 0.103. The Hall–Kier alpha value is -2.36. The van der Waals surface area contributed by atoms with Crippen molar-refractivity contribution in [2.45, 2.75) is 26.2 Å². The van der Waals surface area contributed by atoms with Crippen LogP contribution in [-0.4, -0.2) is 24.3 Å². The molecular formula is C17H19NO3. The number of methoxy groups -OCH3 is 1. The minimum Gasteiger partial charge on any atom is -0.464 e. The molecule has 0 aliphatic carbocycles. The van der Waals surface area contributed by atoms with E-state index in [0.29, 0.717) is 11.4 Å². The Bertz CT molecular complexity index is 644. The van der Waals surface area contributed by atoms with Crippen molar-refractivity contribution >= 4 is 12.3 Å². The van der Waals surface area contributed by atoms with E-state index in [1.54, 1.807) is 0 Å². The Kier molecular flexibility index (Phi) is 4.58. The highest BCUT2D eigenvalue weighted by molar-refractivity contribution is 5.92. The largest absolute Gasteiger partial charge is 0.464 e. The lowest BCUT2D eigenvalue weighted by Gasteiger charge is -2.13. The first-order chi connectivity index (χ1) is 10.1. The fourth-order valence-electron chi connectivity index (χ4n) is 2.69. The molecule has 1 N–H and O–H groups in total. The Morgan fingerprint density at radius 3 is 2.57 bits per heavy atom. The van der Waals surface area contributed by atoms with E-state index in [1.807, 2.05) is 32.0 Å². The van der Waals surface area contributed by atoms with E-state index < -0.39 is 5.97 Å². The van der Waals surface area contributed by atoms with Crippen molar-refractivity contribution < 1.29 is 14.3 Å². The second-order valence-electron chi connectivity index (χ2n) is 5.15. The number of hydrogen-bond donors (Lipinski definition) is 1. The average molecular weight is 285 g/mol. The van der Waals surface area contributed by atoms with Gasteiger partial charge < -0.3 is 9.72 Å². The zero-order valence-electron chi connectivity index (χ0n) is 12.5. The number of ether oxygens (including phenoxy) is 1. The summed E-state index contributed by atoms with van der Waals surface area (Å²) in [5.74, 6) is -0.340. The quantitative estimate of drug-likeness (QED) is 0.677. The fraction of sp³-hybridized carbons (Fsp3) is 0.294. The van der Waals surface area contributed by atoms with Gasteiger partial charge in [0, 0.05) is 0 Å². The topological polar surface area (TPSA) is 59.2 Å². The number of nitrogens with one attached hydrogen (secondary N) is 1. The smallest absolute Gasteiger partial charge is 0.354 e. The van der Waals surface area contributed by atoms with Crippen molar-refractivity contribution in [3.63, 3.8) is 0 Å². The zero-order chi connectivity index (χ0) is 15.4. The zero-order valence-corrected chi connectivity index (χ0v) is 12.5. The first kappa shape index (κ1) is 15.0. The van der Waals surface area contributed by atoms with Crippen molar-refractivity contribution in [3.8, 4) is 0 Å². The van der Waals surface area contributed by atoms with Crippen molar-refractivity contribution in [1.29, 1.82) is 0 Å². The number of benzene rings is 1. The standard InChI is InChI=1S/C17H19NO3/c1-11(9-13-7-5-4-6-8-13)15-12(2)14(10-19)18-16(15)17(20)21-3/h4-8,10-11,18H,9H2,1-3H3. The maximum absolute atomic E-state index is 11.9. The van der Waals surface area contributed by atoms with Crippen LogP contribution >= 0.6 is 0 Å². The van der Waals surface area contributed by atoms with E-state index in [-0.39, 0.29) is 5.92 Å². The predicted octanol–water partition coefficient (Wildman–Crippen LogP) is 3.27. The van der Waals surface area contributed by atoms with Gasteiger partial charge in [-0.1, -0.05) is 37.3 Å². The molecule has 0 radical (unpaired) electrons. The lowest BCUT2D eigenvalue weighted by Crippen LogP contribution is -2.09. The number of carbonyl (C=O) groups is 2. The molecule has 4 nitrogen and oxygen atoms in total. The van der Waals surface area contributed by atoms with Crippen LogP contribution in [0.5, 0.6) is 0 Å². The molecule has 21 heavy (non-hydrogen) atoms. The van der Waals surface area contributed by atoms with Gasteiger partial charge in [-0.15, -0.1) is 0 Å². The van der Waals surface area contributed by atoms with Crippen LogP contribution < -0.4 is 0 Å². The van der Waals surface area contributed by atoms with Gasteiger partial charge in [-0.25, -0.2) is 4.79 Å². The summed E-state index contributed by atoms with van der Waals surface area (Å²) in [4.78, 5) is 25.9. The highest BCUT2D eigenvalue weighted by atomic mass is 16.5. The molecule has 1 unspecified atom stereocenters. The molecule has 110 valence electrons. The number of hydrogen-bond acceptors (Lipinski definition) is 3. The second kappa shape index (κ2) is 6.39. The lowest BCUT2D eigenvalue weighted by atomic mass is 9.90. The number of rotatable bonds is 5. The Labute approximate surface area is 124 Å². The molecule has 0 bridgehead atoms. The molecule has 1 aromatic heterocycles. The maximum Gasteiger partial charge on any atom is 0.354 e. The molecule has 4 heteroatoms. The molecule has 0 aliphatic heterocycles. The SMILES string of the molecule is COC(=O)c1[nH]c(C=O)c(C)c1C(C)Cc1ccccc1. The molecule has 2 aromatic rings. The number of carbonyl (C=O) groups excluding carboxylic acids is 2. The van der Waals surface area contributed by atoms with E-state index >= 15 is 0 Å². The van der Waals surface area contributed by atoms with E-state index in [9.17, 15) is 9.59 Å². The summed E-state index contributed by atoms with van der Waals surface area (Å²) in [5, 5.41) is 0. The van der Waals surface area contributed by atoms with Crippen LogP contribution in [0.25, 0.3) is 0 Å². The van der Waals surface area contributed by atoms with Gasteiger partial charge in [0.25, 0.3) is 0 Å². The van der Waals surface area contributed by atoms with Crippen LogP contribution in [0.3, 0.4) is 0 Å². The fourth-order valence-corrected chi connectivity index (χ4v) is 2.69. The number of aldehydes is 1. The second-order valence-corrected chi connectivity index (χ2v) is 5.15. The van der Waals surface area contributed by atoms with Crippen LogP contribution in [0.1, 0.15) is 50.5 Å². The summed E-state index contributed by atoms with van der Waals surface area (Å²) in [6, 6.07) is 10.1. The van der Waals surface area contributed by atoms with Crippen molar-refractivity contribution in [3.05, 3.63) is 58.4 Å². The summed E-state index contributed by atoms with van der Waals surface area (Å²) in [6.45, 7) is 3.90. The van der Waals surface area contributed by atoms with Gasteiger partial charge in [-0.05, 0) is 36.0 Å². The molecule has 0 fully saturated rings. The van der Waals surface area contributed by atoms with E-state index in [0.717, 1.165) is 23.8 Å². The lowest BCUT2D eigenvalue weighted by molar-refractivity contribution is 0.0593. The van der Waals surface area contributed by atoms with Gasteiger partial charge in [0.05, 0.1) is 12.8 Å². The average Bonchev–Trinajstić information content (AvgIpc) is 2.84. The summed E-state index contributed by atoms with van der Waals surface area (Å²) in [5.41, 5.74) is 3.67. The molecule has 0 spiro atoms. The third kappa shape index (κ3) is 3.05. The van der Waals surface area contributed by atoms with Crippen LogP contribution in [0.4, 0.5) is 0 Å². The molecular weight excluding hydrogens is 266 g/mol. The molecule has 0 saturated heterocycles. The Morgan fingerprint density at radius 2 is 2.00 bits per heavy atom. The van der Waals surface area contributed by atoms with Crippen molar-refractivity contribution in [2.75, 3.05) is 7.11 Å². The number of esters is 1. The highest BCUT2D eigenvalue weighted by Crippen LogP contribution is 2.29. The monoisotopic (exact) mass is 285 g/mol. The van der Waals surface area contributed by atoms with Gasteiger partial charge in [0.1, 0.15) is 5.69 Å². The summed E-state index contributed by atoms with van der Waals surface area (Å²) in [6.07, 6.45) is 1.53. The van der Waals surface area contributed by atoms with Crippen LogP contribution in [0.2, 0.25) is 0 Å². The molecule has 0 aliphatic rings. The number of aromatic amines is 1. The Morgan fingerprint density at radius 1 is 1.33 bits per heavy atom. The maximum atomic E-state index is 11.9. The number of H-pyrrole nitrogens is 1. The van der Waals surface area contributed by atoms with Crippen LogP contribution in [0.15, 0.2) is 30.3 Å². The van der Waals surface area contributed by atoms with E-state index in [4.69, 9.17) is 4.74 Å². The first-order valence-corrected chi connectivity index (χ1v) is 6.88. The van der Waals surface area contributed by atoms with Gasteiger partial charge in [-0.3, -0.25) is 4.79 Å². The molecule has 1 atom stereocenters. The van der Waals surface area contributed by atoms with Crippen LogP contribution in [-0.2, 0) is 11.2 Å². The third-order valence-corrected chi connectivity index (χ3v) is 3.72. The van der Waals surface area contributed by atoms with Crippen molar-refractivity contribution in [1.82, 2.24) is 4.98 Å². The third-order valence-electron chi connectivity index (χ3n) is 3.72. The molecule has 0 saturated carbocycles. The van der Waals surface area contributed by atoms with Gasteiger partial charge in [0.2, 0.25) is 0 Å². The first-order valence-electron chi connectivity index (χ1n) is 6.88. The van der Waals surface area contributed by atoms with Crippen molar-refractivity contribution in [2.24, 2.45) is 0 Å². The summed E-state index contributed by atoms with van der Waals surface area (Å²) in [7, 11) is 1.34. The molecule has 1 aromatic carbocycles.